The Morgan fingerprint density at radius 1 is 1.64 bits per heavy atom. The zero-order valence-electron chi connectivity index (χ0n) is 6.65. The average molecular weight is 153 g/mol. The van der Waals surface area contributed by atoms with Gasteiger partial charge in [0.2, 0.25) is 6.21 Å². The van der Waals surface area contributed by atoms with Crippen molar-refractivity contribution in [3.05, 3.63) is 29.4 Å². The summed E-state index contributed by atoms with van der Waals surface area (Å²) in [4.78, 5) is 0. The molecular weight excluding hydrogens is 142 g/mol. The predicted molar refractivity (Wildman–Crippen MR) is 42.6 cm³/mol. The van der Waals surface area contributed by atoms with Crippen molar-refractivity contribution in [1.29, 1.82) is 0 Å². The SMILES string of the molecule is CC(C)[N+]([O-])=Cc1ccco1. The van der Waals surface area contributed by atoms with Gasteiger partial charge in [-0.25, -0.2) is 4.74 Å². The van der Waals surface area contributed by atoms with Crippen molar-refractivity contribution < 1.29 is 9.16 Å². The molecule has 0 N–H and O–H groups in total. The summed E-state index contributed by atoms with van der Waals surface area (Å²) in [5, 5.41) is 11.0. The highest BCUT2D eigenvalue weighted by Gasteiger charge is 2.01. The molecule has 0 aliphatic carbocycles. The Hall–Kier alpha value is -1.25. The van der Waals surface area contributed by atoms with E-state index in [1.807, 2.05) is 13.8 Å². The average Bonchev–Trinajstić information content (AvgIpc) is 2.39. The monoisotopic (exact) mass is 153 g/mol. The van der Waals surface area contributed by atoms with Gasteiger partial charge < -0.3 is 9.62 Å². The summed E-state index contributed by atoms with van der Waals surface area (Å²) < 4.78 is 5.82. The lowest BCUT2D eigenvalue weighted by Crippen LogP contribution is -2.14. The number of rotatable bonds is 2. The fourth-order valence-corrected chi connectivity index (χ4v) is 0.639. The molecule has 0 bridgehead atoms. The third-order valence-electron chi connectivity index (χ3n) is 1.31. The van der Waals surface area contributed by atoms with Crippen molar-refractivity contribution in [2.75, 3.05) is 0 Å². The van der Waals surface area contributed by atoms with Crippen LogP contribution in [0.15, 0.2) is 22.8 Å². The quantitative estimate of drug-likeness (QED) is 0.280. The summed E-state index contributed by atoms with van der Waals surface area (Å²) in [6.07, 6.45) is 2.98. The second kappa shape index (κ2) is 3.23. The van der Waals surface area contributed by atoms with Crippen LogP contribution in [-0.2, 0) is 0 Å². The molecule has 1 rings (SSSR count). The van der Waals surface area contributed by atoms with Crippen LogP contribution in [0.25, 0.3) is 0 Å². The molecule has 0 spiro atoms. The number of hydrogen-bond donors (Lipinski definition) is 0. The van der Waals surface area contributed by atoms with Crippen molar-refractivity contribution in [2.45, 2.75) is 19.9 Å². The molecule has 0 unspecified atom stereocenters. The van der Waals surface area contributed by atoms with Gasteiger partial charge in [0.15, 0.2) is 11.8 Å². The van der Waals surface area contributed by atoms with Gasteiger partial charge in [-0.2, -0.15) is 0 Å². The molecule has 3 heteroatoms. The van der Waals surface area contributed by atoms with Gasteiger partial charge in [0, 0.05) is 0 Å². The van der Waals surface area contributed by atoms with E-state index in [4.69, 9.17) is 4.42 Å². The highest BCUT2D eigenvalue weighted by molar-refractivity contribution is 5.71. The largest absolute Gasteiger partial charge is 0.624 e. The molecular formula is C8H11NO2. The van der Waals surface area contributed by atoms with Crippen molar-refractivity contribution >= 4 is 6.21 Å². The zero-order valence-corrected chi connectivity index (χ0v) is 6.65. The first-order valence-electron chi connectivity index (χ1n) is 3.54. The van der Waals surface area contributed by atoms with Crippen LogP contribution in [0, 0.1) is 5.21 Å². The molecule has 11 heavy (non-hydrogen) atoms. The first-order valence-corrected chi connectivity index (χ1v) is 3.54. The van der Waals surface area contributed by atoms with E-state index in [-0.39, 0.29) is 6.04 Å². The minimum Gasteiger partial charge on any atom is -0.624 e. The molecule has 0 saturated carbocycles. The molecule has 0 radical (unpaired) electrons. The Morgan fingerprint density at radius 3 is 2.82 bits per heavy atom. The summed E-state index contributed by atoms with van der Waals surface area (Å²) in [5.74, 6) is 0.591. The molecule has 0 aliphatic rings. The number of hydroxylamine groups is 1. The smallest absolute Gasteiger partial charge is 0.217 e. The van der Waals surface area contributed by atoms with E-state index in [2.05, 4.69) is 0 Å². The van der Waals surface area contributed by atoms with Gasteiger partial charge in [0.05, 0.1) is 6.26 Å². The topological polar surface area (TPSA) is 39.2 Å². The predicted octanol–water partition coefficient (Wildman–Crippen LogP) is 1.62. The zero-order chi connectivity index (χ0) is 8.27. The third-order valence-corrected chi connectivity index (χ3v) is 1.31. The summed E-state index contributed by atoms with van der Waals surface area (Å²) in [7, 11) is 0. The second-order valence-corrected chi connectivity index (χ2v) is 2.60. The summed E-state index contributed by atoms with van der Waals surface area (Å²) in [5.41, 5.74) is 0. The minimum absolute atomic E-state index is 0.0416. The third kappa shape index (κ3) is 2.11. The highest BCUT2D eigenvalue weighted by atomic mass is 16.5. The number of nitrogens with zero attached hydrogens (tertiary/aromatic N) is 1. The van der Waals surface area contributed by atoms with Crippen LogP contribution < -0.4 is 0 Å². The maximum Gasteiger partial charge on any atom is 0.217 e. The maximum absolute atomic E-state index is 11.0. The Labute approximate surface area is 65.5 Å². The molecule has 3 nitrogen and oxygen atoms in total. The van der Waals surface area contributed by atoms with Gasteiger partial charge in [0.25, 0.3) is 0 Å². The summed E-state index contributed by atoms with van der Waals surface area (Å²) in [6.45, 7) is 3.65. The molecule has 0 aromatic carbocycles. The van der Waals surface area contributed by atoms with Gasteiger partial charge >= 0.3 is 0 Å². The lowest BCUT2D eigenvalue weighted by Gasteiger charge is -2.05. The van der Waals surface area contributed by atoms with Gasteiger partial charge in [-0.3, -0.25) is 0 Å². The van der Waals surface area contributed by atoms with Crippen molar-refractivity contribution in [3.63, 3.8) is 0 Å². The van der Waals surface area contributed by atoms with Gasteiger partial charge in [0.1, 0.15) is 0 Å². The maximum atomic E-state index is 11.0. The first kappa shape index (κ1) is 7.85. The van der Waals surface area contributed by atoms with Crippen LogP contribution in [0.2, 0.25) is 0 Å². The van der Waals surface area contributed by atoms with Crippen molar-refractivity contribution in [2.24, 2.45) is 0 Å². The Bertz CT molecular complexity index is 237. The second-order valence-electron chi connectivity index (χ2n) is 2.60. The van der Waals surface area contributed by atoms with Crippen molar-refractivity contribution in [1.82, 2.24) is 0 Å². The summed E-state index contributed by atoms with van der Waals surface area (Å²) >= 11 is 0. The molecule has 1 aromatic heterocycles. The Kier molecular flexibility index (Phi) is 2.31. The fourth-order valence-electron chi connectivity index (χ4n) is 0.639. The number of hydrogen-bond acceptors (Lipinski definition) is 2. The van der Waals surface area contributed by atoms with E-state index in [0.717, 1.165) is 4.74 Å². The summed E-state index contributed by atoms with van der Waals surface area (Å²) in [6, 6.07) is 3.45. The lowest BCUT2D eigenvalue weighted by molar-refractivity contribution is -0.487. The van der Waals surface area contributed by atoms with Crippen LogP contribution in [0.1, 0.15) is 19.6 Å². The molecule has 1 aromatic rings. The van der Waals surface area contributed by atoms with E-state index < -0.39 is 0 Å². The van der Waals surface area contributed by atoms with E-state index >= 15 is 0 Å². The Balaban J connectivity index is 2.74. The van der Waals surface area contributed by atoms with Crippen LogP contribution in [0.5, 0.6) is 0 Å². The van der Waals surface area contributed by atoms with E-state index in [9.17, 15) is 5.21 Å². The molecule has 1 heterocycles. The van der Waals surface area contributed by atoms with Crippen LogP contribution >= 0.6 is 0 Å². The molecule has 0 saturated heterocycles. The van der Waals surface area contributed by atoms with E-state index in [1.54, 1.807) is 18.4 Å². The van der Waals surface area contributed by atoms with Gasteiger partial charge in [-0.15, -0.1) is 0 Å². The molecule has 0 fully saturated rings. The van der Waals surface area contributed by atoms with Gasteiger partial charge in [-0.1, -0.05) is 0 Å². The molecule has 0 atom stereocenters. The Morgan fingerprint density at radius 2 is 2.36 bits per heavy atom. The number of furan rings is 1. The fraction of sp³-hybridized carbons (Fsp3) is 0.375. The molecule has 0 amide bonds. The highest BCUT2D eigenvalue weighted by Crippen LogP contribution is 1.96. The van der Waals surface area contributed by atoms with Gasteiger partial charge in [-0.05, 0) is 26.0 Å². The van der Waals surface area contributed by atoms with E-state index in [1.165, 1.54) is 6.21 Å². The standard InChI is InChI=1S/C8H11NO2/c1-7(2)9(10)6-8-4-3-5-11-8/h3-7H,1-2H3. The van der Waals surface area contributed by atoms with Crippen LogP contribution in [0.4, 0.5) is 0 Å². The van der Waals surface area contributed by atoms with E-state index in [0.29, 0.717) is 5.76 Å². The normalized spacial score (nSPS) is 12.5. The van der Waals surface area contributed by atoms with Crippen LogP contribution in [0.3, 0.4) is 0 Å². The lowest BCUT2D eigenvalue weighted by atomic mass is 10.4. The minimum atomic E-state index is -0.0416. The van der Waals surface area contributed by atoms with Crippen LogP contribution in [-0.4, -0.2) is 17.0 Å². The van der Waals surface area contributed by atoms with Crippen molar-refractivity contribution in [3.8, 4) is 0 Å². The molecule has 60 valence electrons. The molecule has 0 aliphatic heterocycles. The first-order chi connectivity index (χ1) is 5.20.